The molecule has 2 aliphatic carbocycles. The third kappa shape index (κ3) is 7.18. The molecular weight excluding hydrogens is 754 g/mol. The maximum Gasteiger partial charge on any atom is 0.262 e. The number of piperazine rings is 1. The highest BCUT2D eigenvalue weighted by molar-refractivity contribution is 6.31. The van der Waals surface area contributed by atoms with Gasteiger partial charge in [-0.2, -0.15) is 0 Å². The summed E-state index contributed by atoms with van der Waals surface area (Å²) in [6.45, 7) is 14.1. The second-order valence-electron chi connectivity index (χ2n) is 18.0. The van der Waals surface area contributed by atoms with Crippen molar-refractivity contribution in [3.63, 3.8) is 0 Å². The Kier molecular flexibility index (Phi) is 10.7. The fraction of sp³-hybridized carbons (Fsp3) is 0.500. The Morgan fingerprint density at radius 2 is 1.50 bits per heavy atom. The lowest BCUT2D eigenvalue weighted by Gasteiger charge is -2.63. The van der Waals surface area contributed by atoms with E-state index in [1.807, 2.05) is 36.4 Å². The standard InChI is InChI=1S/C46H54ClN5O6/c1-6-27-13-17-33(26-36(27)47)58-44-45(2,3)43(46(44,4)5)49-39(54)30-9-7-28(8-10-30)29-11-14-31(15-12-29)50-21-23-51(24-22-50)32-16-18-34-35(25-32)42(57)52(41(34)56)37-19-20-38(53)48-40(37)55/h7-10,13,16-18,25-26,29,31,37,43-44H,6,11-12,14-15,19-24H2,1-5H3,(H,49,54)(H,48,53,55)/t29?,31?,37?,43-,44-. The lowest BCUT2D eigenvalue weighted by atomic mass is 9.49. The zero-order valence-electron chi connectivity index (χ0n) is 34.1. The maximum atomic E-state index is 13.6. The van der Waals surface area contributed by atoms with Gasteiger partial charge in [-0.25, -0.2) is 0 Å². The number of fused-ring (bicyclic) bond motifs is 1. The third-order valence-electron chi connectivity index (χ3n) is 13.7. The average molecular weight is 808 g/mol. The summed E-state index contributed by atoms with van der Waals surface area (Å²) in [4.78, 5) is 70.0. The van der Waals surface area contributed by atoms with Crippen molar-refractivity contribution in [1.82, 2.24) is 20.4 Å². The van der Waals surface area contributed by atoms with Gasteiger partial charge in [-0.05, 0) is 98.0 Å². The van der Waals surface area contributed by atoms with Crippen LogP contribution < -0.4 is 20.3 Å². The molecule has 5 aliphatic rings. The molecule has 0 bridgehead atoms. The normalized spacial score (nSPS) is 26.8. The van der Waals surface area contributed by atoms with Gasteiger partial charge in [0.25, 0.3) is 17.7 Å². The second kappa shape index (κ2) is 15.5. The molecule has 306 valence electrons. The molecule has 3 aromatic rings. The van der Waals surface area contributed by atoms with Crippen molar-refractivity contribution in [1.29, 1.82) is 0 Å². The van der Waals surface area contributed by atoms with E-state index in [9.17, 15) is 24.0 Å². The summed E-state index contributed by atoms with van der Waals surface area (Å²) in [6.07, 6.45) is 5.43. The van der Waals surface area contributed by atoms with Crippen LogP contribution in [0.2, 0.25) is 5.02 Å². The lowest BCUT2D eigenvalue weighted by molar-refractivity contribution is -0.164. The highest BCUT2D eigenvalue weighted by atomic mass is 35.5. The van der Waals surface area contributed by atoms with Crippen LogP contribution in [0.1, 0.15) is 121 Å². The molecule has 4 fully saturated rings. The van der Waals surface area contributed by atoms with Crippen molar-refractivity contribution in [3.8, 4) is 5.75 Å². The van der Waals surface area contributed by atoms with E-state index in [2.05, 4.69) is 67.2 Å². The molecule has 11 nitrogen and oxygen atoms in total. The first-order chi connectivity index (χ1) is 27.7. The van der Waals surface area contributed by atoms with E-state index < -0.39 is 23.8 Å². The van der Waals surface area contributed by atoms with Gasteiger partial charge >= 0.3 is 0 Å². The van der Waals surface area contributed by atoms with Gasteiger partial charge in [0.15, 0.2) is 0 Å². The largest absolute Gasteiger partial charge is 0.489 e. The zero-order valence-corrected chi connectivity index (χ0v) is 34.9. The van der Waals surface area contributed by atoms with Crippen LogP contribution in [-0.4, -0.2) is 89.7 Å². The summed E-state index contributed by atoms with van der Waals surface area (Å²) in [5.41, 5.74) is 3.98. The SMILES string of the molecule is CCc1ccc(O[C@H]2C(C)(C)[C@H](NC(=O)c3ccc(C4CCC(N5CCN(c6ccc7c(c6)C(=O)N(C6CCC(=O)NC6=O)C7=O)CC5)CC4)cc3)C2(C)C)cc1Cl. The predicted octanol–water partition coefficient (Wildman–Crippen LogP) is 6.76. The highest BCUT2D eigenvalue weighted by Gasteiger charge is 2.64. The fourth-order valence-corrected chi connectivity index (χ4v) is 11.0. The number of carbonyl (C=O) groups excluding carboxylic acids is 5. The number of nitrogens with zero attached hydrogens (tertiary/aromatic N) is 3. The summed E-state index contributed by atoms with van der Waals surface area (Å²) in [5.74, 6) is -0.811. The van der Waals surface area contributed by atoms with Gasteiger partial charge in [-0.15, -0.1) is 0 Å². The number of rotatable bonds is 9. The number of carbonyl (C=O) groups is 5. The Balaban J connectivity index is 0.810. The lowest BCUT2D eigenvalue weighted by Crippen LogP contribution is -2.74. The van der Waals surface area contributed by atoms with Gasteiger partial charge in [0, 0.05) is 71.8 Å². The van der Waals surface area contributed by atoms with Gasteiger partial charge in [0.2, 0.25) is 11.8 Å². The molecular formula is C46H54ClN5O6. The van der Waals surface area contributed by atoms with E-state index in [1.165, 1.54) is 5.56 Å². The number of hydrogen-bond acceptors (Lipinski definition) is 8. The topological polar surface area (TPSA) is 128 Å². The van der Waals surface area contributed by atoms with E-state index in [-0.39, 0.29) is 47.6 Å². The van der Waals surface area contributed by atoms with Gasteiger partial charge in [0.05, 0.1) is 11.1 Å². The molecule has 1 unspecified atom stereocenters. The van der Waals surface area contributed by atoms with E-state index in [1.54, 1.807) is 12.1 Å². The quantitative estimate of drug-likeness (QED) is 0.227. The molecule has 0 spiro atoms. The molecule has 2 saturated heterocycles. The smallest absolute Gasteiger partial charge is 0.262 e. The molecule has 58 heavy (non-hydrogen) atoms. The molecule has 3 aliphatic heterocycles. The molecule has 0 aromatic heterocycles. The molecule has 12 heteroatoms. The van der Waals surface area contributed by atoms with Crippen LogP contribution >= 0.6 is 11.6 Å². The Labute approximate surface area is 345 Å². The highest BCUT2D eigenvalue weighted by Crippen LogP contribution is 2.55. The number of nitrogens with one attached hydrogen (secondary N) is 2. The van der Waals surface area contributed by atoms with Crippen molar-refractivity contribution in [2.24, 2.45) is 10.8 Å². The molecule has 2 saturated carbocycles. The monoisotopic (exact) mass is 807 g/mol. The molecule has 5 amide bonds. The first-order valence-electron chi connectivity index (χ1n) is 20.9. The number of anilines is 1. The summed E-state index contributed by atoms with van der Waals surface area (Å²) < 4.78 is 6.50. The van der Waals surface area contributed by atoms with Gasteiger partial charge in [0.1, 0.15) is 17.9 Å². The van der Waals surface area contributed by atoms with Gasteiger partial charge < -0.3 is 15.0 Å². The molecule has 0 radical (unpaired) electrons. The predicted molar refractivity (Wildman–Crippen MR) is 222 cm³/mol. The van der Waals surface area contributed by atoms with E-state index in [0.29, 0.717) is 33.7 Å². The van der Waals surface area contributed by atoms with E-state index in [4.69, 9.17) is 16.3 Å². The van der Waals surface area contributed by atoms with Crippen LogP contribution in [0, 0.1) is 10.8 Å². The van der Waals surface area contributed by atoms with E-state index in [0.717, 1.165) is 80.2 Å². The molecule has 8 rings (SSSR count). The maximum absolute atomic E-state index is 13.6. The molecule has 1 atom stereocenters. The van der Waals surface area contributed by atoms with E-state index >= 15 is 0 Å². The van der Waals surface area contributed by atoms with Crippen molar-refractivity contribution in [2.45, 2.75) is 110 Å². The Hall–Kier alpha value is -4.74. The van der Waals surface area contributed by atoms with Crippen molar-refractivity contribution in [3.05, 3.63) is 93.5 Å². The number of benzene rings is 3. The number of hydrogen-bond donors (Lipinski definition) is 2. The first-order valence-corrected chi connectivity index (χ1v) is 21.3. The Morgan fingerprint density at radius 1 is 0.828 bits per heavy atom. The molecule has 2 N–H and O–H groups in total. The Morgan fingerprint density at radius 3 is 2.14 bits per heavy atom. The number of piperidine rings is 1. The van der Waals surface area contributed by atoms with Gasteiger partial charge in [-0.1, -0.05) is 64.4 Å². The fourth-order valence-electron chi connectivity index (χ4n) is 10.7. The Bertz CT molecular complexity index is 2120. The number of amides is 5. The van der Waals surface area contributed by atoms with Crippen LogP contribution in [0.3, 0.4) is 0 Å². The van der Waals surface area contributed by atoms with Gasteiger partial charge in [-0.3, -0.25) is 39.1 Å². The van der Waals surface area contributed by atoms with Crippen molar-refractivity contribution >= 4 is 46.8 Å². The van der Waals surface area contributed by atoms with Crippen LogP contribution in [0.5, 0.6) is 5.75 Å². The minimum atomic E-state index is -0.970. The van der Waals surface area contributed by atoms with Crippen molar-refractivity contribution in [2.75, 3.05) is 31.1 Å². The zero-order chi connectivity index (χ0) is 41.1. The summed E-state index contributed by atoms with van der Waals surface area (Å²) in [6, 6.07) is 18.9. The van der Waals surface area contributed by atoms with Crippen LogP contribution in [0.15, 0.2) is 60.7 Å². The number of ether oxygens (including phenoxy) is 1. The summed E-state index contributed by atoms with van der Waals surface area (Å²) in [5, 5.41) is 6.30. The minimum Gasteiger partial charge on any atom is -0.489 e. The number of halogens is 1. The second-order valence-corrected chi connectivity index (χ2v) is 18.4. The average Bonchev–Trinajstić information content (AvgIpc) is 3.46. The van der Waals surface area contributed by atoms with Crippen LogP contribution in [0.25, 0.3) is 0 Å². The summed E-state index contributed by atoms with van der Waals surface area (Å²) in [7, 11) is 0. The first kappa shape index (κ1) is 40.1. The molecule has 3 aromatic carbocycles. The van der Waals surface area contributed by atoms with Crippen molar-refractivity contribution < 1.29 is 28.7 Å². The summed E-state index contributed by atoms with van der Waals surface area (Å²) >= 11 is 6.48. The minimum absolute atomic E-state index is 0.0662. The third-order valence-corrected chi connectivity index (χ3v) is 14.1. The van der Waals surface area contributed by atoms with Crippen LogP contribution in [0.4, 0.5) is 5.69 Å². The number of imide groups is 2. The van der Waals surface area contributed by atoms with Crippen LogP contribution in [-0.2, 0) is 16.0 Å². The number of aryl methyl sites for hydroxylation is 1. The molecule has 3 heterocycles.